The summed E-state index contributed by atoms with van der Waals surface area (Å²) in [6.45, 7) is 14.7. The molecule has 26 heavy (non-hydrogen) atoms. The molecule has 0 saturated carbocycles. The normalized spacial score (nSPS) is 17.5. The summed E-state index contributed by atoms with van der Waals surface area (Å²) in [5.41, 5.74) is 3.67. The number of fused-ring (bicyclic) bond motifs is 1. The van der Waals surface area contributed by atoms with E-state index in [4.69, 9.17) is 9.41 Å². The van der Waals surface area contributed by atoms with Crippen molar-refractivity contribution in [3.8, 4) is 0 Å². The van der Waals surface area contributed by atoms with Crippen LogP contribution in [-0.2, 0) is 22.1 Å². The molecule has 1 aromatic heterocycles. The van der Waals surface area contributed by atoms with Gasteiger partial charge in [-0.2, -0.15) is 0 Å². The summed E-state index contributed by atoms with van der Waals surface area (Å²) < 4.78 is 6.42. The SMILES string of the molecule is Cc1cc(NC(=O)CN(C)C)nc2c1CC(CO[Si](C)(C)C(C)(C)C)C2. The Morgan fingerprint density at radius 1 is 1.35 bits per heavy atom. The van der Waals surface area contributed by atoms with Crippen LogP contribution in [0, 0.1) is 12.8 Å². The maximum atomic E-state index is 12.0. The number of nitrogens with one attached hydrogen (secondary N) is 1. The van der Waals surface area contributed by atoms with E-state index >= 15 is 0 Å². The van der Waals surface area contributed by atoms with E-state index in [2.05, 4.69) is 46.1 Å². The average Bonchev–Trinajstić information content (AvgIpc) is 2.86. The summed E-state index contributed by atoms with van der Waals surface area (Å²) in [6.07, 6.45) is 1.96. The maximum absolute atomic E-state index is 12.0. The van der Waals surface area contributed by atoms with Gasteiger partial charge in [0.25, 0.3) is 0 Å². The highest BCUT2D eigenvalue weighted by atomic mass is 28.4. The fourth-order valence-electron chi connectivity index (χ4n) is 3.04. The monoisotopic (exact) mass is 377 g/mol. The van der Waals surface area contributed by atoms with Gasteiger partial charge in [0.15, 0.2) is 8.32 Å². The summed E-state index contributed by atoms with van der Waals surface area (Å²) in [5, 5.41) is 3.15. The fraction of sp³-hybridized carbons (Fsp3) is 0.700. The van der Waals surface area contributed by atoms with Gasteiger partial charge >= 0.3 is 0 Å². The number of likely N-dealkylation sites (N-methyl/N-ethyl adjacent to an activating group) is 1. The van der Waals surface area contributed by atoms with Crippen molar-refractivity contribution in [2.75, 3.05) is 32.6 Å². The standard InChI is InChI=1S/C20H35N3O2Si/c1-14-9-18(22-19(24)12-23(5)6)21-17-11-15(10-16(14)17)13-25-26(7,8)20(2,3)4/h9,15H,10-13H2,1-8H3,(H,21,22,24). The molecule has 2 rings (SSSR count). The van der Waals surface area contributed by atoms with Gasteiger partial charge < -0.3 is 14.6 Å². The van der Waals surface area contributed by atoms with Gasteiger partial charge in [-0.1, -0.05) is 20.8 Å². The molecule has 0 aliphatic heterocycles. The van der Waals surface area contributed by atoms with Crippen LogP contribution in [0.1, 0.15) is 37.6 Å². The lowest BCUT2D eigenvalue weighted by Gasteiger charge is -2.37. The van der Waals surface area contributed by atoms with E-state index in [0.29, 0.717) is 18.3 Å². The molecule has 1 heterocycles. The molecule has 1 aliphatic rings. The number of hydrogen-bond acceptors (Lipinski definition) is 4. The van der Waals surface area contributed by atoms with Gasteiger partial charge in [-0.3, -0.25) is 4.79 Å². The smallest absolute Gasteiger partial charge is 0.239 e. The van der Waals surface area contributed by atoms with Gasteiger partial charge in [0, 0.05) is 12.3 Å². The van der Waals surface area contributed by atoms with Crippen LogP contribution in [0.15, 0.2) is 6.07 Å². The molecule has 1 aliphatic carbocycles. The molecule has 0 radical (unpaired) electrons. The number of anilines is 1. The number of amides is 1. The molecule has 1 unspecified atom stereocenters. The molecule has 0 bridgehead atoms. The molecule has 1 N–H and O–H groups in total. The Labute approximate surface area is 159 Å². The van der Waals surface area contributed by atoms with Crippen molar-refractivity contribution < 1.29 is 9.22 Å². The van der Waals surface area contributed by atoms with Crippen molar-refractivity contribution >= 4 is 20.0 Å². The summed E-state index contributed by atoms with van der Waals surface area (Å²) in [7, 11) is 2.05. The van der Waals surface area contributed by atoms with E-state index in [1.165, 1.54) is 11.1 Å². The lowest BCUT2D eigenvalue weighted by atomic mass is 10.1. The van der Waals surface area contributed by atoms with Gasteiger partial charge in [0.2, 0.25) is 5.91 Å². The molecule has 1 amide bonds. The van der Waals surface area contributed by atoms with Crippen molar-refractivity contribution in [1.82, 2.24) is 9.88 Å². The van der Waals surface area contributed by atoms with Gasteiger partial charge in [0.1, 0.15) is 5.82 Å². The van der Waals surface area contributed by atoms with Crippen LogP contribution in [0.2, 0.25) is 18.1 Å². The molecule has 5 nitrogen and oxygen atoms in total. The first-order valence-electron chi connectivity index (χ1n) is 9.47. The number of carbonyl (C=O) groups excluding carboxylic acids is 1. The van der Waals surface area contributed by atoms with Crippen LogP contribution < -0.4 is 5.32 Å². The number of aromatic nitrogens is 1. The van der Waals surface area contributed by atoms with Crippen molar-refractivity contribution in [3.05, 3.63) is 22.9 Å². The Hall–Kier alpha value is -1.24. The number of rotatable bonds is 6. The second kappa shape index (κ2) is 7.78. The number of aryl methyl sites for hydroxylation is 1. The average molecular weight is 378 g/mol. The van der Waals surface area contributed by atoms with Crippen molar-refractivity contribution in [3.63, 3.8) is 0 Å². The molecular weight excluding hydrogens is 342 g/mol. The third-order valence-electron chi connectivity index (χ3n) is 5.62. The van der Waals surface area contributed by atoms with Gasteiger partial charge in [-0.15, -0.1) is 0 Å². The molecule has 146 valence electrons. The zero-order chi connectivity index (χ0) is 19.7. The highest BCUT2D eigenvalue weighted by molar-refractivity contribution is 6.74. The third kappa shape index (κ3) is 5.15. The first kappa shape index (κ1) is 21.1. The lowest BCUT2D eigenvalue weighted by molar-refractivity contribution is -0.116. The molecule has 0 spiro atoms. The van der Waals surface area contributed by atoms with Gasteiger partial charge in [-0.05, 0) is 75.1 Å². The predicted molar refractivity (Wildman–Crippen MR) is 110 cm³/mol. The Morgan fingerprint density at radius 3 is 2.58 bits per heavy atom. The Kier molecular flexibility index (Phi) is 6.31. The molecule has 1 aromatic rings. The maximum Gasteiger partial charge on any atom is 0.239 e. The Morgan fingerprint density at radius 2 is 2.00 bits per heavy atom. The molecule has 0 saturated heterocycles. The van der Waals surface area contributed by atoms with Crippen LogP contribution in [0.4, 0.5) is 5.82 Å². The van der Waals surface area contributed by atoms with Crippen LogP contribution >= 0.6 is 0 Å². The number of nitrogens with zero attached hydrogens (tertiary/aromatic N) is 2. The first-order valence-corrected chi connectivity index (χ1v) is 12.4. The summed E-state index contributed by atoms with van der Waals surface area (Å²) in [4.78, 5) is 18.6. The minimum atomic E-state index is -1.72. The fourth-order valence-corrected chi connectivity index (χ4v) is 4.13. The van der Waals surface area contributed by atoms with Gasteiger partial charge in [-0.25, -0.2) is 4.98 Å². The minimum Gasteiger partial charge on any atom is -0.417 e. The van der Waals surface area contributed by atoms with Crippen molar-refractivity contribution in [1.29, 1.82) is 0 Å². The molecule has 0 fully saturated rings. The second-order valence-corrected chi connectivity index (χ2v) is 14.2. The first-order chi connectivity index (χ1) is 11.9. The third-order valence-corrected chi connectivity index (χ3v) is 10.1. The molecule has 0 aromatic carbocycles. The van der Waals surface area contributed by atoms with Gasteiger partial charge in [0.05, 0.1) is 6.54 Å². The second-order valence-electron chi connectivity index (χ2n) is 9.38. The Balaban J connectivity index is 2.02. The molecular formula is C20H35N3O2Si. The van der Waals surface area contributed by atoms with E-state index in [1.807, 2.05) is 25.1 Å². The molecule has 6 heteroatoms. The number of hydrogen-bond donors (Lipinski definition) is 1. The highest BCUT2D eigenvalue weighted by Crippen LogP contribution is 2.38. The Bertz CT molecular complexity index is 666. The lowest BCUT2D eigenvalue weighted by Crippen LogP contribution is -2.42. The molecule has 1 atom stereocenters. The zero-order valence-corrected chi connectivity index (χ0v) is 18.7. The van der Waals surface area contributed by atoms with E-state index in [-0.39, 0.29) is 10.9 Å². The van der Waals surface area contributed by atoms with Crippen LogP contribution in [0.3, 0.4) is 0 Å². The summed E-state index contributed by atoms with van der Waals surface area (Å²) in [5.74, 6) is 1.12. The zero-order valence-electron chi connectivity index (χ0n) is 17.7. The summed E-state index contributed by atoms with van der Waals surface area (Å²) in [6, 6.07) is 1.99. The quantitative estimate of drug-likeness (QED) is 0.769. The van der Waals surface area contributed by atoms with Crippen LogP contribution in [-0.4, -0.2) is 51.4 Å². The number of carbonyl (C=O) groups is 1. The topological polar surface area (TPSA) is 54.5 Å². The predicted octanol–water partition coefficient (Wildman–Crippen LogP) is 3.63. The van der Waals surface area contributed by atoms with E-state index < -0.39 is 8.32 Å². The largest absolute Gasteiger partial charge is 0.417 e. The van der Waals surface area contributed by atoms with Crippen molar-refractivity contribution in [2.24, 2.45) is 5.92 Å². The van der Waals surface area contributed by atoms with Crippen molar-refractivity contribution in [2.45, 2.75) is 58.7 Å². The van der Waals surface area contributed by atoms with E-state index in [0.717, 1.165) is 25.1 Å². The van der Waals surface area contributed by atoms with Crippen LogP contribution in [0.5, 0.6) is 0 Å². The van der Waals surface area contributed by atoms with Crippen LogP contribution in [0.25, 0.3) is 0 Å². The number of pyridine rings is 1. The van der Waals surface area contributed by atoms with E-state index in [1.54, 1.807) is 0 Å². The van der Waals surface area contributed by atoms with E-state index in [9.17, 15) is 4.79 Å². The summed E-state index contributed by atoms with van der Waals surface area (Å²) >= 11 is 0. The highest BCUT2D eigenvalue weighted by Gasteiger charge is 2.38. The minimum absolute atomic E-state index is 0.0299.